The van der Waals surface area contributed by atoms with E-state index in [1.165, 1.54) is 7.11 Å². The van der Waals surface area contributed by atoms with Gasteiger partial charge in [-0.3, -0.25) is 4.79 Å². The third-order valence-corrected chi connectivity index (χ3v) is 5.04. The summed E-state index contributed by atoms with van der Waals surface area (Å²) in [7, 11) is 1.29. The predicted octanol–water partition coefficient (Wildman–Crippen LogP) is 3.55. The number of halogens is 1. The van der Waals surface area contributed by atoms with Crippen LogP contribution in [0.3, 0.4) is 0 Å². The van der Waals surface area contributed by atoms with E-state index < -0.39 is 11.9 Å². The first kappa shape index (κ1) is 17.7. The SMILES string of the molecule is COC(=O)C1=C(N)OC2=C(C(=O)CC(C)(C)C2)C1c1cccc(Br)c1. The molecule has 0 bridgehead atoms. The summed E-state index contributed by atoms with van der Waals surface area (Å²) in [6.45, 7) is 4.03. The van der Waals surface area contributed by atoms with E-state index in [2.05, 4.69) is 15.9 Å². The highest BCUT2D eigenvalue weighted by Crippen LogP contribution is 2.48. The van der Waals surface area contributed by atoms with Gasteiger partial charge in [-0.2, -0.15) is 0 Å². The number of ketones is 1. The summed E-state index contributed by atoms with van der Waals surface area (Å²) in [6.07, 6.45) is 0.988. The van der Waals surface area contributed by atoms with E-state index in [4.69, 9.17) is 15.2 Å². The highest BCUT2D eigenvalue weighted by molar-refractivity contribution is 9.10. The molecule has 0 saturated heterocycles. The number of ether oxygens (including phenoxy) is 2. The van der Waals surface area contributed by atoms with Crippen molar-refractivity contribution >= 4 is 27.7 Å². The Morgan fingerprint density at radius 1 is 1.36 bits per heavy atom. The maximum Gasteiger partial charge on any atom is 0.340 e. The molecular formula is C19H20BrNO4. The summed E-state index contributed by atoms with van der Waals surface area (Å²) in [4.78, 5) is 25.3. The van der Waals surface area contributed by atoms with Crippen molar-refractivity contribution in [3.63, 3.8) is 0 Å². The van der Waals surface area contributed by atoms with Gasteiger partial charge in [0.05, 0.1) is 13.0 Å². The Bertz CT molecular complexity index is 822. The number of methoxy groups -OCH3 is 1. The average molecular weight is 406 g/mol. The Hall–Kier alpha value is -2.08. The molecule has 2 aliphatic rings. The Morgan fingerprint density at radius 2 is 2.08 bits per heavy atom. The second kappa shape index (κ2) is 6.33. The number of esters is 1. The van der Waals surface area contributed by atoms with E-state index >= 15 is 0 Å². The van der Waals surface area contributed by atoms with Gasteiger partial charge in [-0.15, -0.1) is 0 Å². The molecule has 2 N–H and O–H groups in total. The summed E-state index contributed by atoms with van der Waals surface area (Å²) < 4.78 is 11.5. The largest absolute Gasteiger partial charge is 0.465 e. The number of benzene rings is 1. The quantitative estimate of drug-likeness (QED) is 0.760. The molecule has 0 spiro atoms. The van der Waals surface area contributed by atoms with Gasteiger partial charge in [0.2, 0.25) is 5.88 Å². The van der Waals surface area contributed by atoms with Gasteiger partial charge in [-0.25, -0.2) is 4.79 Å². The lowest BCUT2D eigenvalue weighted by molar-refractivity contribution is -0.136. The monoisotopic (exact) mass is 405 g/mol. The van der Waals surface area contributed by atoms with Crippen LogP contribution in [0, 0.1) is 5.41 Å². The lowest BCUT2D eigenvalue weighted by atomic mass is 9.70. The van der Waals surface area contributed by atoms with Crippen LogP contribution in [0.2, 0.25) is 0 Å². The van der Waals surface area contributed by atoms with Crippen molar-refractivity contribution in [3.05, 3.63) is 57.1 Å². The topological polar surface area (TPSA) is 78.6 Å². The molecule has 1 aliphatic carbocycles. The van der Waals surface area contributed by atoms with E-state index in [1.54, 1.807) is 0 Å². The molecule has 1 aliphatic heterocycles. The molecule has 1 aromatic carbocycles. The van der Waals surface area contributed by atoms with Crippen LogP contribution in [-0.4, -0.2) is 18.9 Å². The van der Waals surface area contributed by atoms with Crippen molar-refractivity contribution < 1.29 is 19.1 Å². The normalized spacial score (nSPS) is 22.4. The van der Waals surface area contributed by atoms with Crippen LogP contribution < -0.4 is 5.73 Å². The fourth-order valence-corrected chi connectivity index (χ4v) is 3.93. The van der Waals surface area contributed by atoms with E-state index in [-0.39, 0.29) is 22.7 Å². The van der Waals surface area contributed by atoms with Crippen LogP contribution >= 0.6 is 15.9 Å². The molecule has 0 fully saturated rings. The molecule has 3 rings (SSSR count). The minimum atomic E-state index is -0.591. The van der Waals surface area contributed by atoms with Gasteiger partial charge in [0, 0.05) is 22.9 Å². The molecule has 0 radical (unpaired) electrons. The Kier molecular flexibility index (Phi) is 4.49. The van der Waals surface area contributed by atoms with Crippen molar-refractivity contribution in [2.45, 2.75) is 32.6 Å². The van der Waals surface area contributed by atoms with Gasteiger partial charge >= 0.3 is 5.97 Å². The number of hydrogen-bond acceptors (Lipinski definition) is 5. The molecule has 132 valence electrons. The van der Waals surface area contributed by atoms with Crippen LogP contribution in [0.15, 0.2) is 51.5 Å². The Morgan fingerprint density at radius 3 is 2.72 bits per heavy atom. The van der Waals surface area contributed by atoms with E-state index in [9.17, 15) is 9.59 Å². The summed E-state index contributed by atoms with van der Waals surface area (Å²) in [5.74, 6) is -0.647. The number of allylic oxidation sites excluding steroid dienone is 2. The van der Waals surface area contributed by atoms with Crippen molar-refractivity contribution in [2.75, 3.05) is 7.11 Å². The summed E-state index contributed by atoms with van der Waals surface area (Å²) >= 11 is 3.44. The van der Waals surface area contributed by atoms with Crippen molar-refractivity contribution in [1.82, 2.24) is 0 Å². The lowest BCUT2D eigenvalue weighted by Crippen LogP contribution is -2.35. The number of Topliss-reactive ketones (excluding diaryl/α,β-unsaturated/α-hetero) is 1. The van der Waals surface area contributed by atoms with Gasteiger partial charge in [-0.05, 0) is 23.1 Å². The zero-order valence-corrected chi connectivity index (χ0v) is 16.0. The molecule has 0 amide bonds. The van der Waals surface area contributed by atoms with E-state index in [1.807, 2.05) is 38.1 Å². The zero-order chi connectivity index (χ0) is 18.4. The number of rotatable bonds is 2. The van der Waals surface area contributed by atoms with Crippen molar-refractivity contribution in [1.29, 1.82) is 0 Å². The first-order valence-corrected chi connectivity index (χ1v) is 8.80. The number of nitrogens with two attached hydrogens (primary N) is 1. The summed E-state index contributed by atoms with van der Waals surface area (Å²) in [5.41, 5.74) is 7.33. The average Bonchev–Trinajstić information content (AvgIpc) is 2.51. The minimum absolute atomic E-state index is 0.000996. The van der Waals surface area contributed by atoms with Gasteiger partial charge in [0.1, 0.15) is 11.3 Å². The molecule has 6 heteroatoms. The highest BCUT2D eigenvalue weighted by Gasteiger charge is 2.44. The molecule has 25 heavy (non-hydrogen) atoms. The first-order valence-electron chi connectivity index (χ1n) is 8.01. The Labute approximate surface area is 155 Å². The van der Waals surface area contributed by atoms with Crippen molar-refractivity contribution in [2.24, 2.45) is 11.1 Å². The number of carbonyl (C=O) groups excluding carboxylic acids is 2. The standard InChI is InChI=1S/C19H20BrNO4/c1-19(2)8-12(22)15-13(9-19)25-17(21)16(18(23)24-3)14(15)10-5-4-6-11(20)7-10/h4-7,14H,8-9,21H2,1-3H3. The molecule has 0 saturated carbocycles. The molecule has 1 atom stereocenters. The molecule has 5 nitrogen and oxygen atoms in total. The van der Waals surface area contributed by atoms with Crippen LogP contribution in [0.5, 0.6) is 0 Å². The smallest absolute Gasteiger partial charge is 0.340 e. The molecule has 0 aromatic heterocycles. The second-order valence-corrected chi connectivity index (χ2v) is 8.05. The zero-order valence-electron chi connectivity index (χ0n) is 14.4. The molecule has 1 aromatic rings. The van der Waals surface area contributed by atoms with E-state index in [0.717, 1.165) is 10.0 Å². The van der Waals surface area contributed by atoms with Gasteiger partial charge in [-0.1, -0.05) is 41.9 Å². The molecular weight excluding hydrogens is 386 g/mol. The number of hydrogen-bond donors (Lipinski definition) is 1. The van der Waals surface area contributed by atoms with Crippen molar-refractivity contribution in [3.8, 4) is 0 Å². The van der Waals surface area contributed by atoms with Gasteiger partial charge in [0.15, 0.2) is 5.78 Å². The van der Waals surface area contributed by atoms with Crippen LogP contribution in [0.25, 0.3) is 0 Å². The maximum absolute atomic E-state index is 12.9. The van der Waals surface area contributed by atoms with Crippen LogP contribution in [0.4, 0.5) is 0 Å². The summed E-state index contributed by atoms with van der Waals surface area (Å²) in [5, 5.41) is 0. The predicted molar refractivity (Wildman–Crippen MR) is 96.2 cm³/mol. The third kappa shape index (κ3) is 3.23. The number of carbonyl (C=O) groups is 2. The van der Waals surface area contributed by atoms with E-state index in [0.29, 0.717) is 24.2 Å². The maximum atomic E-state index is 12.9. The third-order valence-electron chi connectivity index (χ3n) is 4.54. The fourth-order valence-electron chi connectivity index (χ4n) is 3.51. The van der Waals surface area contributed by atoms with Gasteiger partial charge in [0.25, 0.3) is 0 Å². The second-order valence-electron chi connectivity index (χ2n) is 7.14. The first-order chi connectivity index (χ1) is 11.7. The van der Waals surface area contributed by atoms with Gasteiger partial charge < -0.3 is 15.2 Å². The highest BCUT2D eigenvalue weighted by atomic mass is 79.9. The minimum Gasteiger partial charge on any atom is -0.465 e. The van der Waals surface area contributed by atoms with Crippen LogP contribution in [-0.2, 0) is 19.1 Å². The Balaban J connectivity index is 2.21. The lowest BCUT2D eigenvalue weighted by Gasteiger charge is -2.37. The fraction of sp³-hybridized carbons (Fsp3) is 0.368. The summed E-state index contributed by atoms with van der Waals surface area (Å²) in [6, 6.07) is 7.49. The molecule has 1 unspecified atom stereocenters. The molecule has 1 heterocycles. The van der Waals surface area contributed by atoms with Crippen LogP contribution in [0.1, 0.15) is 38.2 Å².